The summed E-state index contributed by atoms with van der Waals surface area (Å²) in [5, 5.41) is 5.45. The van der Waals surface area contributed by atoms with E-state index in [0.29, 0.717) is 11.5 Å². The Morgan fingerprint density at radius 2 is 2.12 bits per heavy atom. The minimum atomic E-state index is 0.419. The summed E-state index contributed by atoms with van der Waals surface area (Å²) in [7, 11) is 0. The average molecular weight is 247 g/mol. The van der Waals surface area contributed by atoms with Crippen LogP contribution in [0.3, 0.4) is 0 Å². The highest BCUT2D eigenvalue weighted by molar-refractivity contribution is 6.31. The number of nitrogens with one attached hydrogen (secondary N) is 1. The monoisotopic (exact) mass is 246 g/mol. The summed E-state index contributed by atoms with van der Waals surface area (Å²) in [6.45, 7) is 4.57. The first-order valence-electron chi connectivity index (χ1n) is 5.87. The molecule has 0 amide bonds. The average Bonchev–Trinajstić information content (AvgIpc) is 2.86. The SMILES string of the molecule is CC1(C)CC1Nc1ccnc2cc(Cl)ccc12. The molecule has 1 atom stereocenters. The lowest BCUT2D eigenvalue weighted by atomic mass is 10.1. The molecule has 3 rings (SSSR count). The minimum absolute atomic E-state index is 0.419. The molecular weight excluding hydrogens is 232 g/mol. The summed E-state index contributed by atoms with van der Waals surface area (Å²) >= 11 is 5.97. The third kappa shape index (κ3) is 1.98. The summed E-state index contributed by atoms with van der Waals surface area (Å²) in [6.07, 6.45) is 3.06. The Hall–Kier alpha value is -1.28. The number of anilines is 1. The number of hydrogen-bond acceptors (Lipinski definition) is 2. The van der Waals surface area contributed by atoms with Crippen molar-refractivity contribution in [2.45, 2.75) is 26.3 Å². The molecule has 1 aliphatic rings. The highest BCUT2D eigenvalue weighted by Crippen LogP contribution is 2.47. The lowest BCUT2D eigenvalue weighted by Crippen LogP contribution is -2.08. The van der Waals surface area contributed by atoms with E-state index in [1.54, 1.807) is 0 Å². The number of aromatic nitrogens is 1. The number of fused-ring (bicyclic) bond motifs is 1. The summed E-state index contributed by atoms with van der Waals surface area (Å²) in [5.74, 6) is 0. The maximum atomic E-state index is 5.97. The van der Waals surface area contributed by atoms with Gasteiger partial charge in [0.1, 0.15) is 0 Å². The largest absolute Gasteiger partial charge is 0.381 e. The molecule has 1 heterocycles. The second-order valence-electron chi connectivity index (χ2n) is 5.41. The first-order chi connectivity index (χ1) is 8.06. The van der Waals surface area contributed by atoms with Crippen molar-refractivity contribution < 1.29 is 0 Å². The van der Waals surface area contributed by atoms with Crippen molar-refractivity contribution in [2.75, 3.05) is 5.32 Å². The third-order valence-electron chi connectivity index (χ3n) is 3.55. The molecule has 17 heavy (non-hydrogen) atoms. The van der Waals surface area contributed by atoms with Gasteiger partial charge in [0.05, 0.1) is 5.52 Å². The zero-order valence-electron chi connectivity index (χ0n) is 10.00. The van der Waals surface area contributed by atoms with Crippen LogP contribution in [0.15, 0.2) is 30.5 Å². The van der Waals surface area contributed by atoms with E-state index in [4.69, 9.17) is 11.6 Å². The van der Waals surface area contributed by atoms with Crippen LogP contribution in [0.25, 0.3) is 10.9 Å². The van der Waals surface area contributed by atoms with Crippen molar-refractivity contribution in [3.63, 3.8) is 0 Å². The van der Waals surface area contributed by atoms with Crippen LogP contribution >= 0.6 is 11.6 Å². The second kappa shape index (κ2) is 3.61. The number of pyridine rings is 1. The third-order valence-corrected chi connectivity index (χ3v) is 3.78. The Bertz CT molecular complexity index is 577. The van der Waals surface area contributed by atoms with Crippen LogP contribution in [0.1, 0.15) is 20.3 Å². The van der Waals surface area contributed by atoms with E-state index < -0.39 is 0 Å². The Morgan fingerprint density at radius 3 is 2.82 bits per heavy atom. The van der Waals surface area contributed by atoms with Crippen LogP contribution < -0.4 is 5.32 Å². The quantitative estimate of drug-likeness (QED) is 0.863. The predicted molar refractivity (Wildman–Crippen MR) is 72.6 cm³/mol. The lowest BCUT2D eigenvalue weighted by molar-refractivity contribution is 0.631. The zero-order valence-corrected chi connectivity index (χ0v) is 10.8. The standard InChI is InChI=1S/C14H15ClN2/c1-14(2)8-13(14)17-11-5-6-16-12-7-9(15)3-4-10(11)12/h3-7,13H,8H2,1-2H3,(H,16,17). The van der Waals surface area contributed by atoms with E-state index in [0.717, 1.165) is 21.6 Å². The van der Waals surface area contributed by atoms with Gasteiger partial charge in [-0.3, -0.25) is 4.98 Å². The predicted octanol–water partition coefficient (Wildman–Crippen LogP) is 4.10. The maximum Gasteiger partial charge on any atom is 0.0737 e. The van der Waals surface area contributed by atoms with E-state index in [9.17, 15) is 0 Å². The topological polar surface area (TPSA) is 24.9 Å². The Morgan fingerprint density at radius 1 is 1.35 bits per heavy atom. The normalized spacial score (nSPS) is 21.5. The van der Waals surface area contributed by atoms with Crippen LogP contribution in [-0.2, 0) is 0 Å². The van der Waals surface area contributed by atoms with E-state index in [2.05, 4.69) is 24.1 Å². The van der Waals surface area contributed by atoms with Crippen molar-refractivity contribution in [3.05, 3.63) is 35.5 Å². The Balaban J connectivity index is 1.99. The van der Waals surface area contributed by atoms with Gasteiger partial charge in [0.25, 0.3) is 0 Å². The van der Waals surface area contributed by atoms with Crippen molar-refractivity contribution in [1.82, 2.24) is 4.98 Å². The van der Waals surface area contributed by atoms with Gasteiger partial charge in [-0.1, -0.05) is 25.4 Å². The van der Waals surface area contributed by atoms with Crippen LogP contribution in [-0.4, -0.2) is 11.0 Å². The fourth-order valence-electron chi connectivity index (χ4n) is 2.15. The number of benzene rings is 1. The first kappa shape index (κ1) is 10.8. The fourth-order valence-corrected chi connectivity index (χ4v) is 2.31. The number of nitrogens with zero attached hydrogens (tertiary/aromatic N) is 1. The number of rotatable bonds is 2. The molecule has 1 aromatic carbocycles. The van der Waals surface area contributed by atoms with E-state index >= 15 is 0 Å². The first-order valence-corrected chi connectivity index (χ1v) is 6.25. The van der Waals surface area contributed by atoms with Gasteiger partial charge in [-0.05, 0) is 36.1 Å². The molecule has 3 heteroatoms. The highest BCUT2D eigenvalue weighted by atomic mass is 35.5. The molecule has 0 bridgehead atoms. The second-order valence-corrected chi connectivity index (χ2v) is 5.85. The van der Waals surface area contributed by atoms with Crippen molar-refractivity contribution in [1.29, 1.82) is 0 Å². The molecule has 0 saturated heterocycles. The van der Waals surface area contributed by atoms with Gasteiger partial charge in [0.15, 0.2) is 0 Å². The summed E-state index contributed by atoms with van der Waals surface area (Å²) in [6, 6.07) is 8.45. The van der Waals surface area contributed by atoms with E-state index in [1.165, 1.54) is 6.42 Å². The highest BCUT2D eigenvalue weighted by Gasteiger charge is 2.45. The lowest BCUT2D eigenvalue weighted by Gasteiger charge is -2.10. The molecular formula is C14H15ClN2. The summed E-state index contributed by atoms with van der Waals surface area (Å²) in [5.41, 5.74) is 2.52. The van der Waals surface area contributed by atoms with Gasteiger partial charge in [-0.2, -0.15) is 0 Å². The van der Waals surface area contributed by atoms with Crippen molar-refractivity contribution in [2.24, 2.45) is 5.41 Å². The molecule has 1 aliphatic carbocycles. The van der Waals surface area contributed by atoms with Gasteiger partial charge in [0, 0.05) is 28.3 Å². The van der Waals surface area contributed by atoms with Gasteiger partial charge in [-0.25, -0.2) is 0 Å². The van der Waals surface area contributed by atoms with Crippen LogP contribution in [0.4, 0.5) is 5.69 Å². The van der Waals surface area contributed by atoms with Gasteiger partial charge in [0.2, 0.25) is 0 Å². The van der Waals surface area contributed by atoms with E-state index in [1.807, 2.05) is 30.5 Å². The maximum absolute atomic E-state index is 5.97. The molecule has 1 fully saturated rings. The van der Waals surface area contributed by atoms with Crippen molar-refractivity contribution in [3.8, 4) is 0 Å². The molecule has 2 nitrogen and oxygen atoms in total. The smallest absolute Gasteiger partial charge is 0.0737 e. The molecule has 1 aromatic heterocycles. The van der Waals surface area contributed by atoms with Crippen LogP contribution in [0.5, 0.6) is 0 Å². The number of halogens is 1. The molecule has 0 spiro atoms. The molecule has 0 radical (unpaired) electrons. The van der Waals surface area contributed by atoms with Gasteiger partial charge < -0.3 is 5.32 Å². The van der Waals surface area contributed by atoms with E-state index in [-0.39, 0.29) is 0 Å². The molecule has 0 aliphatic heterocycles. The molecule has 1 N–H and O–H groups in total. The van der Waals surface area contributed by atoms with Gasteiger partial charge >= 0.3 is 0 Å². The molecule has 88 valence electrons. The number of hydrogen-bond donors (Lipinski definition) is 1. The molecule has 2 aromatic rings. The summed E-state index contributed by atoms with van der Waals surface area (Å²) < 4.78 is 0. The minimum Gasteiger partial charge on any atom is -0.381 e. The van der Waals surface area contributed by atoms with Crippen molar-refractivity contribution >= 4 is 28.2 Å². The van der Waals surface area contributed by atoms with Crippen LogP contribution in [0, 0.1) is 5.41 Å². The summed E-state index contributed by atoms with van der Waals surface area (Å²) in [4.78, 5) is 4.34. The van der Waals surface area contributed by atoms with Gasteiger partial charge in [-0.15, -0.1) is 0 Å². The Labute approximate surface area is 106 Å². The molecule has 1 unspecified atom stereocenters. The molecule has 1 saturated carbocycles. The fraction of sp³-hybridized carbons (Fsp3) is 0.357. The van der Waals surface area contributed by atoms with Crippen LogP contribution in [0.2, 0.25) is 5.02 Å². The zero-order chi connectivity index (χ0) is 12.0. The Kier molecular flexibility index (Phi) is 2.30.